The van der Waals surface area contributed by atoms with Gasteiger partial charge in [0.25, 0.3) is 5.91 Å². The molecule has 0 bridgehead atoms. The SMILES string of the molecule is COc1ccc(C)c2sc(N(Cc3cccnc3)C(=O)COc3ccccc3F)nc12. The Kier molecular flexibility index (Phi) is 6.08. The van der Waals surface area contributed by atoms with Gasteiger partial charge in [0, 0.05) is 12.4 Å². The molecule has 0 aliphatic heterocycles. The largest absolute Gasteiger partial charge is 0.494 e. The van der Waals surface area contributed by atoms with Crippen LogP contribution in [-0.4, -0.2) is 29.6 Å². The Morgan fingerprint density at radius 1 is 1.13 bits per heavy atom. The van der Waals surface area contributed by atoms with Crippen molar-refractivity contribution in [2.45, 2.75) is 13.5 Å². The van der Waals surface area contributed by atoms with Gasteiger partial charge in [-0.15, -0.1) is 0 Å². The Balaban J connectivity index is 1.67. The predicted octanol–water partition coefficient (Wildman–Crippen LogP) is 4.76. The molecule has 0 radical (unpaired) electrons. The van der Waals surface area contributed by atoms with Crippen molar-refractivity contribution >= 4 is 32.6 Å². The third-order valence-corrected chi connectivity index (χ3v) is 5.91. The summed E-state index contributed by atoms with van der Waals surface area (Å²) in [4.78, 5) is 23.5. The molecule has 0 saturated carbocycles. The maximum absolute atomic E-state index is 13.9. The summed E-state index contributed by atoms with van der Waals surface area (Å²) in [6, 6.07) is 13.5. The number of benzene rings is 2. The van der Waals surface area contributed by atoms with Gasteiger partial charge in [0.15, 0.2) is 23.3 Å². The molecule has 8 heteroatoms. The highest BCUT2D eigenvalue weighted by molar-refractivity contribution is 7.22. The minimum atomic E-state index is -0.519. The minimum Gasteiger partial charge on any atom is -0.494 e. The lowest BCUT2D eigenvalue weighted by Crippen LogP contribution is -2.34. The summed E-state index contributed by atoms with van der Waals surface area (Å²) in [5.74, 6) is -0.198. The van der Waals surface area contributed by atoms with E-state index in [-0.39, 0.29) is 24.8 Å². The van der Waals surface area contributed by atoms with Crippen LogP contribution in [0.3, 0.4) is 0 Å². The molecule has 158 valence electrons. The van der Waals surface area contributed by atoms with Crippen LogP contribution in [0.4, 0.5) is 9.52 Å². The average molecular weight is 437 g/mol. The van der Waals surface area contributed by atoms with Crippen LogP contribution in [0.5, 0.6) is 11.5 Å². The van der Waals surface area contributed by atoms with Gasteiger partial charge in [-0.1, -0.05) is 35.6 Å². The van der Waals surface area contributed by atoms with Gasteiger partial charge in [-0.05, 0) is 42.3 Å². The topological polar surface area (TPSA) is 64.5 Å². The maximum Gasteiger partial charge on any atom is 0.267 e. The number of para-hydroxylation sites is 1. The molecule has 0 aliphatic carbocycles. The number of nitrogens with zero attached hydrogens (tertiary/aromatic N) is 3. The van der Waals surface area contributed by atoms with E-state index in [4.69, 9.17) is 9.47 Å². The van der Waals surface area contributed by atoms with Gasteiger partial charge < -0.3 is 9.47 Å². The molecule has 4 aromatic rings. The van der Waals surface area contributed by atoms with Crippen molar-refractivity contribution in [1.29, 1.82) is 0 Å². The number of carbonyl (C=O) groups is 1. The number of fused-ring (bicyclic) bond motifs is 1. The number of hydrogen-bond acceptors (Lipinski definition) is 6. The number of halogens is 1. The molecule has 0 fully saturated rings. The zero-order valence-electron chi connectivity index (χ0n) is 17.0. The number of thiazole rings is 1. The molecule has 0 N–H and O–H groups in total. The van der Waals surface area contributed by atoms with Crippen LogP contribution < -0.4 is 14.4 Å². The molecular weight excluding hydrogens is 417 g/mol. The predicted molar refractivity (Wildman–Crippen MR) is 118 cm³/mol. The molecule has 0 unspecified atom stereocenters. The summed E-state index contributed by atoms with van der Waals surface area (Å²) >= 11 is 1.40. The quantitative estimate of drug-likeness (QED) is 0.417. The number of ether oxygens (including phenoxy) is 2. The second-order valence-corrected chi connectivity index (χ2v) is 7.80. The van der Waals surface area contributed by atoms with E-state index in [1.54, 1.807) is 37.7 Å². The minimum absolute atomic E-state index is 0.0268. The highest BCUT2D eigenvalue weighted by Gasteiger charge is 2.23. The molecule has 31 heavy (non-hydrogen) atoms. The molecular formula is C23H20FN3O3S. The number of methoxy groups -OCH3 is 1. The molecule has 2 heterocycles. The van der Waals surface area contributed by atoms with E-state index in [1.165, 1.54) is 28.4 Å². The third kappa shape index (κ3) is 4.49. The monoisotopic (exact) mass is 437 g/mol. The maximum atomic E-state index is 13.9. The number of aryl methyl sites for hydroxylation is 1. The van der Waals surface area contributed by atoms with Crippen molar-refractivity contribution in [3.8, 4) is 11.5 Å². The van der Waals surface area contributed by atoms with Gasteiger partial charge in [-0.25, -0.2) is 9.37 Å². The Morgan fingerprint density at radius 3 is 2.71 bits per heavy atom. The summed E-state index contributed by atoms with van der Waals surface area (Å²) < 4.78 is 25.7. The summed E-state index contributed by atoms with van der Waals surface area (Å²) in [6.45, 7) is 1.92. The Hall–Kier alpha value is -3.52. The summed E-state index contributed by atoms with van der Waals surface area (Å²) in [5.41, 5.74) is 2.57. The van der Waals surface area contributed by atoms with E-state index in [9.17, 15) is 9.18 Å². The highest BCUT2D eigenvalue weighted by atomic mass is 32.1. The fourth-order valence-corrected chi connectivity index (χ4v) is 4.16. The van der Waals surface area contributed by atoms with Crippen molar-refractivity contribution in [2.75, 3.05) is 18.6 Å². The van der Waals surface area contributed by atoms with E-state index < -0.39 is 5.82 Å². The number of anilines is 1. The van der Waals surface area contributed by atoms with Gasteiger partial charge >= 0.3 is 0 Å². The second-order valence-electron chi connectivity index (χ2n) is 6.82. The van der Waals surface area contributed by atoms with Gasteiger partial charge in [-0.3, -0.25) is 14.7 Å². The first kappa shape index (κ1) is 20.7. The van der Waals surface area contributed by atoms with Crippen molar-refractivity contribution in [3.63, 3.8) is 0 Å². The Morgan fingerprint density at radius 2 is 1.97 bits per heavy atom. The molecule has 2 aromatic heterocycles. The number of carbonyl (C=O) groups excluding carboxylic acids is 1. The van der Waals surface area contributed by atoms with E-state index >= 15 is 0 Å². The molecule has 2 aromatic carbocycles. The first-order valence-corrected chi connectivity index (χ1v) is 10.4. The summed E-state index contributed by atoms with van der Waals surface area (Å²) in [6.07, 6.45) is 3.36. The first-order valence-electron chi connectivity index (χ1n) is 9.57. The van der Waals surface area contributed by atoms with Crippen LogP contribution in [-0.2, 0) is 11.3 Å². The number of amides is 1. The standard InChI is InChI=1S/C23H20FN3O3S/c1-15-9-10-19(29-2)21-22(15)31-23(26-21)27(13-16-6-5-11-25-12-16)20(28)14-30-18-8-4-3-7-17(18)24/h3-12H,13-14H2,1-2H3. The van der Waals surface area contributed by atoms with Gasteiger partial charge in [-0.2, -0.15) is 0 Å². The van der Waals surface area contributed by atoms with E-state index in [1.807, 2.05) is 25.1 Å². The number of rotatable bonds is 7. The Bertz CT molecular complexity index is 1210. The average Bonchev–Trinajstić information content (AvgIpc) is 3.24. The van der Waals surface area contributed by atoms with Crippen LogP contribution in [0.1, 0.15) is 11.1 Å². The molecule has 0 atom stereocenters. The van der Waals surface area contributed by atoms with Crippen LogP contribution in [0.15, 0.2) is 60.9 Å². The smallest absolute Gasteiger partial charge is 0.267 e. The van der Waals surface area contributed by atoms with Crippen LogP contribution in [0.2, 0.25) is 0 Å². The van der Waals surface area contributed by atoms with Crippen LogP contribution >= 0.6 is 11.3 Å². The Labute approximate surface area is 182 Å². The lowest BCUT2D eigenvalue weighted by atomic mass is 10.2. The molecule has 0 spiro atoms. The lowest BCUT2D eigenvalue weighted by Gasteiger charge is -2.20. The fourth-order valence-electron chi connectivity index (χ4n) is 3.09. The third-order valence-electron chi connectivity index (χ3n) is 4.70. The summed E-state index contributed by atoms with van der Waals surface area (Å²) in [7, 11) is 1.59. The van der Waals surface area contributed by atoms with Gasteiger partial charge in [0.2, 0.25) is 0 Å². The van der Waals surface area contributed by atoms with Gasteiger partial charge in [0.1, 0.15) is 11.3 Å². The summed E-state index contributed by atoms with van der Waals surface area (Å²) in [5, 5.41) is 0.508. The zero-order chi connectivity index (χ0) is 21.8. The van der Waals surface area contributed by atoms with Crippen molar-refractivity contribution < 1.29 is 18.7 Å². The van der Waals surface area contributed by atoms with E-state index in [2.05, 4.69) is 9.97 Å². The number of pyridine rings is 1. The highest BCUT2D eigenvalue weighted by Crippen LogP contribution is 2.37. The molecule has 1 amide bonds. The van der Waals surface area contributed by atoms with Crippen LogP contribution in [0.25, 0.3) is 10.2 Å². The molecule has 0 aliphatic rings. The second kappa shape index (κ2) is 9.09. The van der Waals surface area contributed by atoms with Gasteiger partial charge in [0.05, 0.1) is 18.4 Å². The van der Waals surface area contributed by atoms with E-state index in [0.29, 0.717) is 16.4 Å². The number of hydrogen-bond donors (Lipinski definition) is 0. The molecule has 6 nitrogen and oxygen atoms in total. The lowest BCUT2D eigenvalue weighted by molar-refractivity contribution is -0.120. The normalized spacial score (nSPS) is 10.8. The van der Waals surface area contributed by atoms with E-state index in [0.717, 1.165) is 15.8 Å². The van der Waals surface area contributed by atoms with Crippen molar-refractivity contribution in [2.24, 2.45) is 0 Å². The fraction of sp³-hybridized carbons (Fsp3) is 0.174. The van der Waals surface area contributed by atoms with Crippen molar-refractivity contribution in [1.82, 2.24) is 9.97 Å². The zero-order valence-corrected chi connectivity index (χ0v) is 17.9. The van der Waals surface area contributed by atoms with Crippen LogP contribution in [0, 0.1) is 12.7 Å². The number of aromatic nitrogens is 2. The van der Waals surface area contributed by atoms with Crippen molar-refractivity contribution in [3.05, 3.63) is 77.9 Å². The molecule has 0 saturated heterocycles. The molecule has 4 rings (SSSR count). The first-order chi connectivity index (χ1) is 15.1.